The maximum Gasteiger partial charge on any atom is 4.00 e. The summed E-state index contributed by atoms with van der Waals surface area (Å²) in [6.45, 7) is 17.1. The van der Waals surface area contributed by atoms with Gasteiger partial charge in [-0.05, 0) is 19.3 Å². The summed E-state index contributed by atoms with van der Waals surface area (Å²) in [7, 11) is 0. The molecule has 0 aliphatic heterocycles. The molecule has 0 saturated carbocycles. The molecule has 0 spiro atoms. The van der Waals surface area contributed by atoms with Crippen LogP contribution in [0.15, 0.2) is 55.7 Å². The minimum absolute atomic E-state index is 0. The second kappa shape index (κ2) is 25.7. The fraction of sp³-hybridized carbons (Fsp3) is 0.524. The van der Waals surface area contributed by atoms with E-state index < -0.39 is 18.3 Å². The number of rotatable bonds is 6. The van der Waals surface area contributed by atoms with E-state index >= 15 is 0 Å². The maximum atomic E-state index is 10.1. The van der Waals surface area contributed by atoms with Gasteiger partial charge in [-0.15, -0.1) is 44.5 Å². The zero-order valence-electron chi connectivity index (χ0n) is 16.3. The van der Waals surface area contributed by atoms with Crippen molar-refractivity contribution in [1.82, 2.24) is 0 Å². The van der Waals surface area contributed by atoms with Gasteiger partial charge in [0.15, 0.2) is 0 Å². The van der Waals surface area contributed by atoms with Gasteiger partial charge in [-0.2, -0.15) is 6.08 Å². The summed E-state index contributed by atoms with van der Waals surface area (Å²) in [4.78, 5) is 0. The summed E-state index contributed by atoms with van der Waals surface area (Å²) in [6, 6.07) is 0. The molecule has 0 aromatic heterocycles. The average Bonchev–Trinajstić information content (AvgIpc) is 2.91. The summed E-state index contributed by atoms with van der Waals surface area (Å²) in [5.74, 6) is 0. The van der Waals surface area contributed by atoms with Crippen molar-refractivity contribution in [1.29, 1.82) is 0 Å². The first kappa shape index (κ1) is 32.2. The van der Waals surface area contributed by atoms with Crippen LogP contribution in [0.2, 0.25) is 0 Å². The Balaban J connectivity index is -0.000000116. The molecule has 0 bridgehead atoms. The summed E-state index contributed by atoms with van der Waals surface area (Å²) >= 11 is 0. The standard InChI is InChI=1S/C6H7.3C5H9O.Zr/c1-6-4-2-3-5-6;3*1-3-4-5(2)6;/h2,4H,3H2,1H3;3*3,5H,1,4H2,2H3;/q4*-1;+4. The molecule has 0 fully saturated rings. The molecular formula is C21H34O3Zr. The van der Waals surface area contributed by atoms with E-state index in [0.717, 1.165) is 6.42 Å². The van der Waals surface area contributed by atoms with Gasteiger partial charge in [-0.3, -0.25) is 6.08 Å². The van der Waals surface area contributed by atoms with Crippen LogP contribution in [-0.4, -0.2) is 18.3 Å². The van der Waals surface area contributed by atoms with Crippen LogP contribution in [0.1, 0.15) is 53.4 Å². The molecule has 0 radical (unpaired) electrons. The Kier molecular flexibility index (Phi) is 33.1. The summed E-state index contributed by atoms with van der Waals surface area (Å²) < 4.78 is 0. The first-order valence-corrected chi connectivity index (χ1v) is 8.25. The van der Waals surface area contributed by atoms with E-state index in [1.165, 1.54) is 5.57 Å². The van der Waals surface area contributed by atoms with Gasteiger partial charge in [0.2, 0.25) is 0 Å². The van der Waals surface area contributed by atoms with Gasteiger partial charge < -0.3 is 15.3 Å². The molecule has 0 N–H and O–H groups in total. The molecule has 4 heteroatoms. The predicted molar refractivity (Wildman–Crippen MR) is 99.0 cm³/mol. The van der Waals surface area contributed by atoms with E-state index in [1.807, 2.05) is 0 Å². The average molecular weight is 426 g/mol. The second-order valence-electron chi connectivity index (χ2n) is 5.47. The molecule has 0 heterocycles. The van der Waals surface area contributed by atoms with Gasteiger partial charge in [0.25, 0.3) is 0 Å². The Labute approximate surface area is 174 Å². The summed E-state index contributed by atoms with van der Waals surface area (Å²) in [6.07, 6.45) is 13.6. The van der Waals surface area contributed by atoms with Crippen molar-refractivity contribution in [2.24, 2.45) is 0 Å². The molecule has 140 valence electrons. The van der Waals surface area contributed by atoms with Crippen LogP contribution in [0.4, 0.5) is 0 Å². The number of allylic oxidation sites excluding steroid dienone is 4. The Morgan fingerprint density at radius 2 is 1.24 bits per heavy atom. The van der Waals surface area contributed by atoms with Crippen LogP contribution >= 0.6 is 0 Å². The van der Waals surface area contributed by atoms with Crippen molar-refractivity contribution in [3.63, 3.8) is 0 Å². The number of hydrogen-bond donors (Lipinski definition) is 0. The molecule has 0 saturated heterocycles. The van der Waals surface area contributed by atoms with E-state index in [0.29, 0.717) is 19.3 Å². The van der Waals surface area contributed by atoms with Gasteiger partial charge in [-0.1, -0.05) is 45.9 Å². The summed E-state index contributed by atoms with van der Waals surface area (Å²) in [5, 5.41) is 30.2. The quantitative estimate of drug-likeness (QED) is 0.485. The fourth-order valence-corrected chi connectivity index (χ4v) is 1.22. The third-order valence-electron chi connectivity index (χ3n) is 2.36. The van der Waals surface area contributed by atoms with Gasteiger partial charge in [0.1, 0.15) is 0 Å². The van der Waals surface area contributed by atoms with Crippen molar-refractivity contribution in [3.8, 4) is 0 Å². The summed E-state index contributed by atoms with van der Waals surface area (Å²) in [5.41, 5.74) is 1.27. The van der Waals surface area contributed by atoms with E-state index in [1.54, 1.807) is 39.0 Å². The Morgan fingerprint density at radius 3 is 1.28 bits per heavy atom. The van der Waals surface area contributed by atoms with Crippen LogP contribution in [0.3, 0.4) is 0 Å². The largest absolute Gasteiger partial charge is 4.00 e. The van der Waals surface area contributed by atoms with E-state index in [4.69, 9.17) is 0 Å². The first-order valence-electron chi connectivity index (χ1n) is 8.25. The van der Waals surface area contributed by atoms with Crippen LogP contribution in [-0.2, 0) is 26.2 Å². The smallest absolute Gasteiger partial charge is 0.852 e. The fourth-order valence-electron chi connectivity index (χ4n) is 1.22. The SMILES string of the molecule is C=CCC(C)[O-].C=CCC(C)[O-].C=CCC(C)[O-].CC1=[C-]CC=C1.[Zr+4]. The zero-order valence-corrected chi connectivity index (χ0v) is 18.8. The van der Waals surface area contributed by atoms with Crippen molar-refractivity contribution in [2.45, 2.75) is 71.7 Å². The van der Waals surface area contributed by atoms with Gasteiger partial charge >= 0.3 is 26.2 Å². The topological polar surface area (TPSA) is 69.2 Å². The monoisotopic (exact) mass is 424 g/mol. The normalized spacial score (nSPS) is 14.3. The molecular weight excluding hydrogens is 391 g/mol. The van der Waals surface area contributed by atoms with Gasteiger partial charge in [0, 0.05) is 0 Å². The molecule has 3 atom stereocenters. The molecule has 3 unspecified atom stereocenters. The van der Waals surface area contributed by atoms with Crippen LogP contribution in [0, 0.1) is 6.08 Å². The van der Waals surface area contributed by atoms with E-state index in [9.17, 15) is 15.3 Å². The molecule has 3 nitrogen and oxygen atoms in total. The molecule has 0 amide bonds. The van der Waals surface area contributed by atoms with Crippen LogP contribution in [0.5, 0.6) is 0 Å². The van der Waals surface area contributed by atoms with Crippen molar-refractivity contribution < 1.29 is 41.5 Å². The molecule has 1 aliphatic rings. The zero-order chi connectivity index (χ0) is 19.4. The minimum Gasteiger partial charge on any atom is -0.852 e. The minimum atomic E-state index is -0.470. The molecule has 0 aromatic rings. The molecule has 25 heavy (non-hydrogen) atoms. The second-order valence-corrected chi connectivity index (χ2v) is 5.47. The van der Waals surface area contributed by atoms with Gasteiger partial charge in [0.05, 0.1) is 0 Å². The Hall–Kier alpha value is -0.537. The van der Waals surface area contributed by atoms with E-state index in [-0.39, 0.29) is 26.2 Å². The van der Waals surface area contributed by atoms with Crippen molar-refractivity contribution in [2.75, 3.05) is 0 Å². The third kappa shape index (κ3) is 45.2. The predicted octanol–water partition coefficient (Wildman–Crippen LogP) is 2.63. The van der Waals surface area contributed by atoms with Crippen LogP contribution < -0.4 is 15.3 Å². The number of hydrogen-bond acceptors (Lipinski definition) is 3. The molecule has 1 rings (SSSR count). The van der Waals surface area contributed by atoms with Crippen molar-refractivity contribution in [3.05, 3.63) is 61.8 Å². The first-order chi connectivity index (χ1) is 11.2. The third-order valence-corrected chi connectivity index (χ3v) is 2.36. The molecule has 1 aliphatic carbocycles. The Morgan fingerprint density at radius 1 is 0.920 bits per heavy atom. The van der Waals surface area contributed by atoms with Gasteiger partial charge in [-0.25, -0.2) is 11.6 Å². The maximum absolute atomic E-state index is 10.1. The van der Waals surface area contributed by atoms with Crippen LogP contribution in [0.25, 0.3) is 0 Å². The van der Waals surface area contributed by atoms with Crippen molar-refractivity contribution >= 4 is 0 Å². The van der Waals surface area contributed by atoms with E-state index in [2.05, 4.69) is 44.9 Å². The molecule has 0 aromatic carbocycles. The Bertz CT molecular complexity index is 320.